The predicted molar refractivity (Wildman–Crippen MR) is 70.9 cm³/mol. The molecule has 1 aliphatic heterocycles. The molecule has 0 aliphatic carbocycles. The summed E-state index contributed by atoms with van der Waals surface area (Å²) in [6.45, 7) is 4.57. The molecular formula is C14H22N2. The first-order valence-corrected chi connectivity index (χ1v) is 6.45. The highest BCUT2D eigenvalue weighted by atomic mass is 15.2. The van der Waals surface area contributed by atoms with E-state index in [1.807, 2.05) is 6.07 Å². The summed E-state index contributed by atoms with van der Waals surface area (Å²) in [7, 11) is 0. The van der Waals surface area contributed by atoms with Gasteiger partial charge in [0.1, 0.15) is 0 Å². The van der Waals surface area contributed by atoms with Crippen molar-refractivity contribution in [2.24, 2.45) is 0 Å². The Balaban J connectivity index is 1.95. The molecule has 0 aromatic heterocycles. The van der Waals surface area contributed by atoms with Gasteiger partial charge in [0.25, 0.3) is 0 Å². The average molecular weight is 218 g/mol. The maximum Gasteiger partial charge on any atom is 0.0633 e. The number of fused-ring (bicyclic) bond motifs is 1. The molecule has 0 spiro atoms. The third-order valence-electron chi connectivity index (χ3n) is 3.40. The normalized spacial score (nSPS) is 14.2. The molecule has 2 N–H and O–H groups in total. The molecular weight excluding hydrogens is 196 g/mol. The third kappa shape index (κ3) is 2.31. The van der Waals surface area contributed by atoms with Gasteiger partial charge in [-0.3, -0.25) is 0 Å². The molecule has 1 heterocycles. The maximum atomic E-state index is 6.05. The highest BCUT2D eigenvalue weighted by Crippen LogP contribution is 2.33. The fourth-order valence-corrected chi connectivity index (χ4v) is 2.52. The van der Waals surface area contributed by atoms with Gasteiger partial charge in [0.2, 0.25) is 0 Å². The Kier molecular flexibility index (Phi) is 3.70. The molecule has 0 bridgehead atoms. The van der Waals surface area contributed by atoms with Crippen molar-refractivity contribution in [2.75, 3.05) is 23.7 Å². The SMILES string of the molecule is CCCCCCN1CCc2cccc(N)c21. The number of rotatable bonds is 5. The number of nitrogens with zero attached hydrogens (tertiary/aromatic N) is 1. The van der Waals surface area contributed by atoms with Crippen LogP contribution in [0.25, 0.3) is 0 Å². The van der Waals surface area contributed by atoms with E-state index < -0.39 is 0 Å². The third-order valence-corrected chi connectivity index (χ3v) is 3.40. The second kappa shape index (κ2) is 5.24. The molecule has 0 unspecified atom stereocenters. The Morgan fingerprint density at radius 2 is 2.12 bits per heavy atom. The number of anilines is 2. The number of hydrogen-bond acceptors (Lipinski definition) is 2. The first-order valence-electron chi connectivity index (χ1n) is 6.45. The van der Waals surface area contributed by atoms with E-state index in [4.69, 9.17) is 5.73 Å². The van der Waals surface area contributed by atoms with Gasteiger partial charge in [-0.25, -0.2) is 0 Å². The van der Waals surface area contributed by atoms with Crippen molar-refractivity contribution in [2.45, 2.75) is 39.0 Å². The van der Waals surface area contributed by atoms with Crippen LogP contribution in [-0.2, 0) is 6.42 Å². The second-order valence-electron chi connectivity index (χ2n) is 4.65. The molecule has 0 atom stereocenters. The molecule has 1 aromatic carbocycles. The van der Waals surface area contributed by atoms with Crippen LogP contribution in [0, 0.1) is 0 Å². The minimum Gasteiger partial charge on any atom is -0.397 e. The van der Waals surface area contributed by atoms with Crippen LogP contribution in [-0.4, -0.2) is 13.1 Å². The molecule has 0 radical (unpaired) electrons. The molecule has 2 nitrogen and oxygen atoms in total. The summed E-state index contributed by atoms with van der Waals surface area (Å²) >= 11 is 0. The highest BCUT2D eigenvalue weighted by molar-refractivity contribution is 5.74. The van der Waals surface area contributed by atoms with Crippen LogP contribution in [0.4, 0.5) is 11.4 Å². The Hall–Kier alpha value is -1.18. The molecule has 0 saturated carbocycles. The van der Waals surface area contributed by atoms with Gasteiger partial charge in [0.15, 0.2) is 0 Å². The Morgan fingerprint density at radius 1 is 1.25 bits per heavy atom. The van der Waals surface area contributed by atoms with Crippen LogP contribution in [0.2, 0.25) is 0 Å². The highest BCUT2D eigenvalue weighted by Gasteiger charge is 2.20. The van der Waals surface area contributed by atoms with Crippen molar-refractivity contribution in [3.63, 3.8) is 0 Å². The number of benzene rings is 1. The first kappa shape index (κ1) is 11.3. The predicted octanol–water partition coefficient (Wildman–Crippen LogP) is 3.21. The van der Waals surface area contributed by atoms with Gasteiger partial charge in [0.05, 0.1) is 11.4 Å². The van der Waals surface area contributed by atoms with Gasteiger partial charge in [-0.2, -0.15) is 0 Å². The molecule has 0 amide bonds. The molecule has 1 aliphatic rings. The van der Waals surface area contributed by atoms with Crippen molar-refractivity contribution < 1.29 is 0 Å². The summed E-state index contributed by atoms with van der Waals surface area (Å²) in [5, 5.41) is 0. The molecule has 2 heteroatoms. The van der Waals surface area contributed by atoms with E-state index in [9.17, 15) is 0 Å². The van der Waals surface area contributed by atoms with E-state index in [0.717, 1.165) is 18.7 Å². The quantitative estimate of drug-likeness (QED) is 0.607. The summed E-state index contributed by atoms with van der Waals surface area (Å²) in [6, 6.07) is 6.29. The monoisotopic (exact) mass is 218 g/mol. The van der Waals surface area contributed by atoms with Gasteiger partial charge in [-0.1, -0.05) is 38.3 Å². The van der Waals surface area contributed by atoms with Crippen LogP contribution in [0.5, 0.6) is 0 Å². The van der Waals surface area contributed by atoms with Crippen LogP contribution in [0.1, 0.15) is 38.2 Å². The largest absolute Gasteiger partial charge is 0.397 e. The first-order chi connectivity index (χ1) is 7.83. The number of hydrogen-bond donors (Lipinski definition) is 1. The number of nitrogens with two attached hydrogens (primary N) is 1. The zero-order chi connectivity index (χ0) is 11.4. The van der Waals surface area contributed by atoms with E-state index in [2.05, 4.69) is 24.0 Å². The van der Waals surface area contributed by atoms with Gasteiger partial charge < -0.3 is 10.6 Å². The van der Waals surface area contributed by atoms with Crippen molar-refractivity contribution in [1.29, 1.82) is 0 Å². The number of unbranched alkanes of at least 4 members (excludes halogenated alkanes) is 3. The fraction of sp³-hybridized carbons (Fsp3) is 0.571. The van der Waals surface area contributed by atoms with Crippen molar-refractivity contribution in [3.05, 3.63) is 23.8 Å². The summed E-state index contributed by atoms with van der Waals surface area (Å²) in [6.07, 6.45) is 6.45. The van der Waals surface area contributed by atoms with Crippen molar-refractivity contribution in [3.8, 4) is 0 Å². The standard InChI is InChI=1S/C14H22N2/c1-2-3-4-5-10-16-11-9-12-7-6-8-13(15)14(12)16/h6-8H,2-5,9-11,15H2,1H3. The van der Waals surface area contributed by atoms with Gasteiger partial charge >= 0.3 is 0 Å². The van der Waals surface area contributed by atoms with Crippen LogP contribution in [0.3, 0.4) is 0 Å². The minimum atomic E-state index is 0.950. The smallest absolute Gasteiger partial charge is 0.0633 e. The summed E-state index contributed by atoms with van der Waals surface area (Å²) in [5.41, 5.74) is 9.73. The van der Waals surface area contributed by atoms with E-state index in [1.54, 1.807) is 0 Å². The molecule has 0 saturated heterocycles. The zero-order valence-electron chi connectivity index (χ0n) is 10.2. The lowest BCUT2D eigenvalue weighted by molar-refractivity contribution is 0.651. The van der Waals surface area contributed by atoms with Crippen molar-refractivity contribution >= 4 is 11.4 Å². The van der Waals surface area contributed by atoms with Gasteiger partial charge in [-0.05, 0) is 24.5 Å². The molecule has 88 valence electrons. The van der Waals surface area contributed by atoms with E-state index in [-0.39, 0.29) is 0 Å². The second-order valence-corrected chi connectivity index (χ2v) is 4.65. The summed E-state index contributed by atoms with van der Waals surface area (Å²) < 4.78 is 0. The van der Waals surface area contributed by atoms with E-state index >= 15 is 0 Å². The van der Waals surface area contributed by atoms with Gasteiger partial charge in [0, 0.05) is 13.1 Å². The zero-order valence-corrected chi connectivity index (χ0v) is 10.2. The van der Waals surface area contributed by atoms with Gasteiger partial charge in [-0.15, -0.1) is 0 Å². The molecule has 0 fully saturated rings. The number of nitrogen functional groups attached to an aromatic ring is 1. The lowest BCUT2D eigenvalue weighted by Gasteiger charge is -2.20. The molecule has 2 rings (SSSR count). The lowest BCUT2D eigenvalue weighted by atomic mass is 10.1. The Morgan fingerprint density at radius 3 is 2.94 bits per heavy atom. The summed E-state index contributed by atoms with van der Waals surface area (Å²) in [4.78, 5) is 2.46. The van der Waals surface area contributed by atoms with E-state index in [1.165, 1.54) is 43.5 Å². The Labute approximate surface area is 98.4 Å². The van der Waals surface area contributed by atoms with Crippen LogP contribution < -0.4 is 10.6 Å². The summed E-state index contributed by atoms with van der Waals surface area (Å²) in [5.74, 6) is 0. The number of para-hydroxylation sites is 1. The van der Waals surface area contributed by atoms with Crippen molar-refractivity contribution in [1.82, 2.24) is 0 Å². The van der Waals surface area contributed by atoms with E-state index in [0.29, 0.717) is 0 Å². The fourth-order valence-electron chi connectivity index (χ4n) is 2.52. The molecule has 16 heavy (non-hydrogen) atoms. The average Bonchev–Trinajstić information content (AvgIpc) is 2.69. The van der Waals surface area contributed by atoms with Crippen LogP contribution in [0.15, 0.2) is 18.2 Å². The lowest BCUT2D eigenvalue weighted by Crippen LogP contribution is -2.22. The minimum absolute atomic E-state index is 0.950. The maximum absolute atomic E-state index is 6.05. The Bertz CT molecular complexity index is 347. The topological polar surface area (TPSA) is 29.3 Å². The van der Waals surface area contributed by atoms with Crippen LogP contribution >= 0.6 is 0 Å². The molecule has 1 aromatic rings.